The maximum atomic E-state index is 12.2. The molecule has 2 N–H and O–H groups in total. The zero-order valence-corrected chi connectivity index (χ0v) is 13.7. The lowest BCUT2D eigenvalue weighted by Gasteiger charge is -2.59. The fourth-order valence-corrected chi connectivity index (χ4v) is 5.54. The van der Waals surface area contributed by atoms with Crippen molar-refractivity contribution in [2.75, 3.05) is 20.2 Å². The first kappa shape index (κ1) is 15.8. The van der Waals surface area contributed by atoms with E-state index in [9.17, 15) is 9.59 Å². The molecule has 4 rings (SSSR count). The van der Waals surface area contributed by atoms with E-state index in [1.54, 1.807) is 7.05 Å². The number of rotatable bonds is 4. The second kappa shape index (κ2) is 5.84. The van der Waals surface area contributed by atoms with Gasteiger partial charge in [-0.15, -0.1) is 0 Å². The lowest BCUT2D eigenvalue weighted by atomic mass is 9.48. The van der Waals surface area contributed by atoms with Gasteiger partial charge in [0.1, 0.15) is 0 Å². The third-order valence-electron chi connectivity index (χ3n) is 6.33. The van der Waals surface area contributed by atoms with Crippen LogP contribution in [0.2, 0.25) is 0 Å². The number of hydrogen-bond acceptors (Lipinski definition) is 3. The van der Waals surface area contributed by atoms with Crippen LogP contribution >= 0.6 is 0 Å². The first-order valence-corrected chi connectivity index (χ1v) is 8.60. The van der Waals surface area contributed by atoms with E-state index >= 15 is 0 Å². The number of likely N-dealkylation sites (N-methyl/N-ethyl adjacent to an activating group) is 1. The molecule has 0 radical (unpaired) electrons. The number of amides is 2. The van der Waals surface area contributed by atoms with E-state index in [1.165, 1.54) is 43.4 Å². The number of aliphatic hydroxyl groups is 1. The highest BCUT2D eigenvalue weighted by Crippen LogP contribution is 2.61. The predicted octanol–water partition coefficient (Wildman–Crippen LogP) is 1.16. The average molecular weight is 308 g/mol. The molecule has 4 bridgehead atoms. The summed E-state index contributed by atoms with van der Waals surface area (Å²) in [5.41, 5.74) is 0.209. The van der Waals surface area contributed by atoms with Crippen molar-refractivity contribution in [1.29, 1.82) is 0 Å². The van der Waals surface area contributed by atoms with E-state index in [2.05, 4.69) is 12.2 Å². The molecule has 1 atom stereocenters. The van der Waals surface area contributed by atoms with Crippen LogP contribution < -0.4 is 5.32 Å². The van der Waals surface area contributed by atoms with Crippen molar-refractivity contribution in [3.8, 4) is 0 Å². The van der Waals surface area contributed by atoms with Gasteiger partial charge in [-0.05, 0) is 68.6 Å². The van der Waals surface area contributed by atoms with Crippen LogP contribution in [0.25, 0.3) is 0 Å². The van der Waals surface area contributed by atoms with Gasteiger partial charge in [-0.2, -0.15) is 0 Å². The molecule has 5 heteroatoms. The lowest BCUT2D eigenvalue weighted by molar-refractivity contribution is -0.147. The Morgan fingerprint density at radius 2 is 1.68 bits per heavy atom. The summed E-state index contributed by atoms with van der Waals surface area (Å²) in [5, 5.41) is 11.8. The van der Waals surface area contributed by atoms with Crippen molar-refractivity contribution in [2.45, 2.75) is 51.5 Å². The second-order valence-corrected chi connectivity index (χ2v) is 7.93. The molecule has 2 amide bonds. The molecule has 4 aliphatic rings. The second-order valence-electron chi connectivity index (χ2n) is 7.93. The fourth-order valence-electron chi connectivity index (χ4n) is 5.54. The van der Waals surface area contributed by atoms with Gasteiger partial charge in [0.15, 0.2) is 0 Å². The largest absolute Gasteiger partial charge is 0.395 e. The smallest absolute Gasteiger partial charge is 0.311 e. The van der Waals surface area contributed by atoms with E-state index in [-0.39, 0.29) is 24.6 Å². The normalized spacial score (nSPS) is 37.0. The van der Waals surface area contributed by atoms with Crippen LogP contribution in [0.15, 0.2) is 0 Å². The standard InChI is InChI=1S/C17H28N2O3/c1-11(18-15(21)16(22)19(2)3-4-20)17-8-12-5-13(9-17)7-14(6-12)10-17/h11-14,20H,3-10H2,1-2H3,(H,18,21). The molecule has 4 saturated carbocycles. The van der Waals surface area contributed by atoms with Gasteiger partial charge in [0, 0.05) is 19.6 Å². The lowest BCUT2D eigenvalue weighted by Crippen LogP contribution is -2.57. The molecule has 4 fully saturated rings. The zero-order chi connectivity index (χ0) is 15.9. The van der Waals surface area contributed by atoms with Gasteiger partial charge in [-0.3, -0.25) is 9.59 Å². The van der Waals surface area contributed by atoms with Gasteiger partial charge in [0.25, 0.3) is 0 Å². The Morgan fingerprint density at radius 1 is 1.18 bits per heavy atom. The summed E-state index contributed by atoms with van der Waals surface area (Å²) in [6, 6.07) is 0.0554. The minimum atomic E-state index is -0.550. The summed E-state index contributed by atoms with van der Waals surface area (Å²) in [6.45, 7) is 2.14. The molecule has 5 nitrogen and oxygen atoms in total. The molecule has 0 saturated heterocycles. The number of carbonyl (C=O) groups excluding carboxylic acids is 2. The molecule has 22 heavy (non-hydrogen) atoms. The Bertz CT molecular complexity index is 428. The van der Waals surface area contributed by atoms with E-state index in [4.69, 9.17) is 5.11 Å². The van der Waals surface area contributed by atoms with Crippen LogP contribution in [-0.2, 0) is 9.59 Å². The van der Waals surface area contributed by atoms with Gasteiger partial charge < -0.3 is 15.3 Å². The first-order valence-electron chi connectivity index (χ1n) is 8.60. The minimum Gasteiger partial charge on any atom is -0.395 e. The highest BCUT2D eigenvalue weighted by molar-refractivity contribution is 6.35. The van der Waals surface area contributed by atoms with Gasteiger partial charge in [-0.25, -0.2) is 0 Å². The van der Waals surface area contributed by atoms with Gasteiger partial charge in [0.05, 0.1) is 6.61 Å². The van der Waals surface area contributed by atoms with E-state index in [0.29, 0.717) is 0 Å². The van der Waals surface area contributed by atoms with Crippen molar-refractivity contribution >= 4 is 11.8 Å². The number of carbonyl (C=O) groups is 2. The average Bonchev–Trinajstić information content (AvgIpc) is 2.45. The minimum absolute atomic E-state index is 0.0554. The van der Waals surface area contributed by atoms with Crippen LogP contribution in [-0.4, -0.2) is 48.1 Å². The summed E-state index contributed by atoms with van der Waals surface area (Å²) in [4.78, 5) is 25.5. The van der Waals surface area contributed by atoms with Crippen LogP contribution in [0.5, 0.6) is 0 Å². The number of hydrogen-bond donors (Lipinski definition) is 2. The molecule has 1 unspecified atom stereocenters. The van der Waals surface area contributed by atoms with Crippen LogP contribution in [0, 0.1) is 23.2 Å². The van der Waals surface area contributed by atoms with E-state index < -0.39 is 11.8 Å². The summed E-state index contributed by atoms with van der Waals surface area (Å²) < 4.78 is 0. The molecular weight excluding hydrogens is 280 g/mol. The Kier molecular flexibility index (Phi) is 4.19. The van der Waals surface area contributed by atoms with Crippen molar-refractivity contribution in [2.24, 2.45) is 23.2 Å². The molecule has 124 valence electrons. The molecule has 0 aromatic rings. The van der Waals surface area contributed by atoms with Crippen LogP contribution in [0.3, 0.4) is 0 Å². The fraction of sp³-hybridized carbons (Fsp3) is 0.882. The Labute approximate surface area is 132 Å². The highest BCUT2D eigenvalue weighted by Gasteiger charge is 2.53. The summed E-state index contributed by atoms with van der Waals surface area (Å²) in [6.07, 6.45) is 7.75. The van der Waals surface area contributed by atoms with Crippen LogP contribution in [0.1, 0.15) is 45.4 Å². The maximum absolute atomic E-state index is 12.2. The summed E-state index contributed by atoms with van der Waals surface area (Å²) >= 11 is 0. The Morgan fingerprint density at radius 3 is 2.14 bits per heavy atom. The summed E-state index contributed by atoms with van der Waals surface area (Å²) in [5.74, 6) is 1.42. The molecule has 0 aliphatic heterocycles. The Hall–Kier alpha value is -1.10. The number of aliphatic hydroxyl groups excluding tert-OH is 1. The number of nitrogens with one attached hydrogen (secondary N) is 1. The quantitative estimate of drug-likeness (QED) is 0.766. The van der Waals surface area contributed by atoms with Crippen molar-refractivity contribution in [3.05, 3.63) is 0 Å². The zero-order valence-electron chi connectivity index (χ0n) is 13.7. The van der Waals surface area contributed by atoms with Gasteiger partial charge >= 0.3 is 11.8 Å². The first-order chi connectivity index (χ1) is 10.4. The Balaban J connectivity index is 1.63. The molecule has 0 aromatic carbocycles. The third-order valence-corrected chi connectivity index (χ3v) is 6.33. The molecule has 0 spiro atoms. The third kappa shape index (κ3) is 2.75. The van der Waals surface area contributed by atoms with E-state index in [0.717, 1.165) is 17.8 Å². The SMILES string of the molecule is CC(NC(=O)C(=O)N(C)CCO)C12CC3CC(CC(C3)C1)C2. The van der Waals surface area contributed by atoms with Gasteiger partial charge in [0.2, 0.25) is 0 Å². The summed E-state index contributed by atoms with van der Waals surface area (Å²) in [7, 11) is 1.55. The number of nitrogens with zero attached hydrogens (tertiary/aromatic N) is 1. The topological polar surface area (TPSA) is 69.6 Å². The van der Waals surface area contributed by atoms with Crippen LogP contribution in [0.4, 0.5) is 0 Å². The molecule has 4 aliphatic carbocycles. The van der Waals surface area contributed by atoms with E-state index in [1.807, 2.05) is 0 Å². The predicted molar refractivity (Wildman–Crippen MR) is 82.9 cm³/mol. The molecule has 0 aromatic heterocycles. The van der Waals surface area contributed by atoms with Crippen molar-refractivity contribution in [1.82, 2.24) is 10.2 Å². The van der Waals surface area contributed by atoms with Crippen molar-refractivity contribution < 1.29 is 14.7 Å². The molecule has 0 heterocycles. The molecular formula is C17H28N2O3. The van der Waals surface area contributed by atoms with Gasteiger partial charge in [-0.1, -0.05) is 0 Å². The highest BCUT2D eigenvalue weighted by atomic mass is 16.3. The maximum Gasteiger partial charge on any atom is 0.311 e. The monoisotopic (exact) mass is 308 g/mol. The van der Waals surface area contributed by atoms with Crippen molar-refractivity contribution in [3.63, 3.8) is 0 Å².